The first-order chi connectivity index (χ1) is 14.5. The molecule has 0 aliphatic carbocycles. The van der Waals surface area contributed by atoms with Gasteiger partial charge in [0.1, 0.15) is 0 Å². The van der Waals surface area contributed by atoms with Crippen molar-refractivity contribution in [2.75, 3.05) is 31.6 Å². The van der Waals surface area contributed by atoms with Gasteiger partial charge in [0, 0.05) is 13.1 Å². The summed E-state index contributed by atoms with van der Waals surface area (Å²) in [6, 6.07) is 12.4. The molecule has 0 spiro atoms. The first-order valence-corrected chi connectivity index (χ1v) is 9.63. The van der Waals surface area contributed by atoms with Gasteiger partial charge in [-0.25, -0.2) is 5.43 Å². The van der Waals surface area contributed by atoms with Crippen LogP contribution in [0.1, 0.15) is 27.0 Å². The van der Waals surface area contributed by atoms with Crippen molar-refractivity contribution in [2.24, 2.45) is 5.10 Å². The lowest BCUT2D eigenvalue weighted by Crippen LogP contribution is -2.41. The van der Waals surface area contributed by atoms with Crippen molar-refractivity contribution in [3.8, 4) is 0 Å². The van der Waals surface area contributed by atoms with Gasteiger partial charge in [0.2, 0.25) is 0 Å². The Morgan fingerprint density at radius 1 is 1.03 bits per heavy atom. The summed E-state index contributed by atoms with van der Waals surface area (Å²) in [5.74, 6) is -2.05. The number of hydrazone groups is 1. The van der Waals surface area contributed by atoms with Gasteiger partial charge >= 0.3 is 11.8 Å². The van der Waals surface area contributed by atoms with Gasteiger partial charge < -0.3 is 15.0 Å². The van der Waals surface area contributed by atoms with Crippen molar-refractivity contribution < 1.29 is 19.1 Å². The van der Waals surface area contributed by atoms with Crippen molar-refractivity contribution in [3.63, 3.8) is 0 Å². The van der Waals surface area contributed by atoms with Crippen LogP contribution in [-0.2, 0) is 14.3 Å². The van der Waals surface area contributed by atoms with E-state index in [2.05, 4.69) is 15.8 Å². The van der Waals surface area contributed by atoms with Gasteiger partial charge in [-0.05, 0) is 37.1 Å². The molecular weight excluding hydrogens is 384 g/mol. The van der Waals surface area contributed by atoms with Gasteiger partial charge in [-0.15, -0.1) is 0 Å². The molecule has 2 N–H and O–H groups in total. The molecule has 0 bridgehead atoms. The highest BCUT2D eigenvalue weighted by Gasteiger charge is 2.22. The molecular formula is C22H24N4O4. The second kappa shape index (κ2) is 9.80. The van der Waals surface area contributed by atoms with Gasteiger partial charge in [-0.3, -0.25) is 14.4 Å². The van der Waals surface area contributed by atoms with Crippen molar-refractivity contribution in [3.05, 3.63) is 64.7 Å². The van der Waals surface area contributed by atoms with E-state index in [1.807, 2.05) is 32.0 Å². The largest absolute Gasteiger partial charge is 0.378 e. The quantitative estimate of drug-likeness (QED) is 0.458. The average molecular weight is 408 g/mol. The summed E-state index contributed by atoms with van der Waals surface area (Å²) >= 11 is 0. The molecule has 1 fully saturated rings. The molecule has 0 unspecified atom stereocenters. The Bertz CT molecular complexity index is 981. The number of anilines is 1. The minimum atomic E-state index is -0.926. The number of benzene rings is 2. The first-order valence-electron chi connectivity index (χ1n) is 9.63. The second-order valence-electron chi connectivity index (χ2n) is 6.96. The summed E-state index contributed by atoms with van der Waals surface area (Å²) in [7, 11) is 0. The molecule has 8 heteroatoms. The highest BCUT2D eigenvalue weighted by Crippen LogP contribution is 2.18. The van der Waals surface area contributed by atoms with Gasteiger partial charge in [0.15, 0.2) is 0 Å². The highest BCUT2D eigenvalue weighted by molar-refractivity contribution is 6.40. The number of para-hydroxylation sites is 1. The maximum absolute atomic E-state index is 12.8. The van der Waals surface area contributed by atoms with Gasteiger partial charge in [0.05, 0.1) is 30.7 Å². The molecule has 0 aromatic heterocycles. The molecule has 1 heterocycles. The summed E-state index contributed by atoms with van der Waals surface area (Å²) in [6.45, 7) is 5.83. The van der Waals surface area contributed by atoms with E-state index in [9.17, 15) is 14.4 Å². The third kappa shape index (κ3) is 5.30. The van der Waals surface area contributed by atoms with Gasteiger partial charge in [-0.2, -0.15) is 5.10 Å². The molecule has 3 rings (SSSR count). The first kappa shape index (κ1) is 21.2. The van der Waals surface area contributed by atoms with Crippen molar-refractivity contribution in [2.45, 2.75) is 13.8 Å². The van der Waals surface area contributed by atoms with E-state index in [4.69, 9.17) is 4.74 Å². The van der Waals surface area contributed by atoms with Crippen LogP contribution < -0.4 is 10.7 Å². The Morgan fingerprint density at radius 2 is 1.77 bits per heavy atom. The number of carbonyl (C=O) groups is 3. The fourth-order valence-electron chi connectivity index (χ4n) is 3.08. The summed E-state index contributed by atoms with van der Waals surface area (Å²) < 4.78 is 5.26. The summed E-state index contributed by atoms with van der Waals surface area (Å²) in [5, 5.41) is 6.35. The number of morpholine rings is 1. The minimum absolute atomic E-state index is 0.220. The summed E-state index contributed by atoms with van der Waals surface area (Å²) in [5.41, 5.74) is 5.77. The Morgan fingerprint density at radius 3 is 2.50 bits per heavy atom. The van der Waals surface area contributed by atoms with E-state index in [1.54, 1.807) is 29.2 Å². The van der Waals surface area contributed by atoms with E-state index in [0.717, 1.165) is 16.7 Å². The Balaban J connectivity index is 1.63. The molecule has 2 aromatic carbocycles. The molecule has 1 aliphatic rings. The minimum Gasteiger partial charge on any atom is -0.378 e. The maximum atomic E-state index is 12.8. The van der Waals surface area contributed by atoms with Crippen LogP contribution in [0.2, 0.25) is 0 Å². The fourth-order valence-corrected chi connectivity index (χ4v) is 3.08. The highest BCUT2D eigenvalue weighted by atomic mass is 16.5. The van der Waals surface area contributed by atoms with E-state index < -0.39 is 11.8 Å². The molecule has 0 atom stereocenters. The lowest BCUT2D eigenvalue weighted by Gasteiger charge is -2.27. The molecule has 0 saturated carbocycles. The molecule has 2 aromatic rings. The number of hydrogen-bond donors (Lipinski definition) is 2. The molecule has 156 valence electrons. The third-order valence-corrected chi connectivity index (χ3v) is 4.71. The standard InChI is InChI=1S/C22H24N4O4/c1-15-7-8-17(16(2)13-15)14-23-25-21(28)20(27)24-19-6-4-3-5-18(19)22(29)26-9-11-30-12-10-26/h3-8,13-14H,9-12H2,1-2H3,(H,24,27)(H,25,28)/b23-14-. The van der Waals surface area contributed by atoms with Gasteiger partial charge in [0.25, 0.3) is 5.91 Å². The van der Waals surface area contributed by atoms with Crippen LogP contribution >= 0.6 is 0 Å². The van der Waals surface area contributed by atoms with Gasteiger partial charge in [-0.1, -0.05) is 35.9 Å². The van der Waals surface area contributed by atoms with E-state index >= 15 is 0 Å². The van der Waals surface area contributed by atoms with Crippen LogP contribution in [0.5, 0.6) is 0 Å². The van der Waals surface area contributed by atoms with Crippen LogP contribution in [0.15, 0.2) is 47.6 Å². The molecule has 1 saturated heterocycles. The molecule has 1 aliphatic heterocycles. The zero-order valence-electron chi connectivity index (χ0n) is 17.0. The van der Waals surface area contributed by atoms with E-state index in [0.29, 0.717) is 31.9 Å². The fraction of sp³-hybridized carbons (Fsp3) is 0.273. The molecule has 30 heavy (non-hydrogen) atoms. The normalized spacial score (nSPS) is 13.9. The van der Waals surface area contributed by atoms with Crippen LogP contribution in [0, 0.1) is 13.8 Å². The van der Waals surface area contributed by atoms with Crippen LogP contribution in [0.3, 0.4) is 0 Å². The number of nitrogens with zero attached hydrogens (tertiary/aromatic N) is 2. The smallest absolute Gasteiger partial charge is 0.329 e. The van der Waals surface area contributed by atoms with Crippen molar-refractivity contribution >= 4 is 29.6 Å². The lowest BCUT2D eigenvalue weighted by atomic mass is 10.1. The average Bonchev–Trinajstić information content (AvgIpc) is 2.75. The topological polar surface area (TPSA) is 100 Å². The summed E-state index contributed by atoms with van der Waals surface area (Å²) in [4.78, 5) is 38.8. The lowest BCUT2D eigenvalue weighted by molar-refractivity contribution is -0.136. The van der Waals surface area contributed by atoms with Crippen LogP contribution in [-0.4, -0.2) is 55.1 Å². The number of carbonyl (C=O) groups excluding carboxylic acids is 3. The molecule has 8 nitrogen and oxygen atoms in total. The number of hydrogen-bond acceptors (Lipinski definition) is 5. The number of ether oxygens (including phenoxy) is 1. The van der Waals surface area contributed by atoms with E-state index in [1.165, 1.54) is 6.21 Å². The monoisotopic (exact) mass is 408 g/mol. The number of nitrogens with one attached hydrogen (secondary N) is 2. The third-order valence-electron chi connectivity index (χ3n) is 4.71. The predicted molar refractivity (Wildman–Crippen MR) is 113 cm³/mol. The number of amides is 3. The van der Waals surface area contributed by atoms with Crippen molar-refractivity contribution in [1.82, 2.24) is 10.3 Å². The Hall–Kier alpha value is -3.52. The zero-order valence-corrected chi connectivity index (χ0v) is 17.0. The predicted octanol–water partition coefficient (Wildman–Crippen LogP) is 1.86. The van der Waals surface area contributed by atoms with E-state index in [-0.39, 0.29) is 11.6 Å². The zero-order chi connectivity index (χ0) is 21.5. The second-order valence-corrected chi connectivity index (χ2v) is 6.96. The Labute approximate surface area is 174 Å². The molecule has 3 amide bonds. The Kier molecular flexibility index (Phi) is 6.92. The van der Waals surface area contributed by atoms with Crippen molar-refractivity contribution in [1.29, 1.82) is 0 Å². The SMILES string of the molecule is Cc1ccc(/C=N\NC(=O)C(=O)Nc2ccccc2C(=O)N2CCOCC2)c(C)c1. The number of aryl methyl sites for hydroxylation is 2. The number of rotatable bonds is 4. The summed E-state index contributed by atoms with van der Waals surface area (Å²) in [6.07, 6.45) is 1.48. The maximum Gasteiger partial charge on any atom is 0.329 e. The van der Waals surface area contributed by atoms with Crippen LogP contribution in [0.25, 0.3) is 0 Å². The van der Waals surface area contributed by atoms with Crippen LogP contribution in [0.4, 0.5) is 5.69 Å². The molecule has 0 radical (unpaired) electrons.